The minimum Gasteiger partial charge on any atom is -1.00 e. The molecule has 0 unspecified atom stereocenters. The summed E-state index contributed by atoms with van der Waals surface area (Å²) >= 11 is 0. The van der Waals surface area contributed by atoms with Gasteiger partial charge >= 0.3 is 0 Å². The van der Waals surface area contributed by atoms with Crippen LogP contribution in [-0.4, -0.2) is 30.7 Å². The predicted octanol–water partition coefficient (Wildman–Crippen LogP) is 0.201. The zero-order chi connectivity index (χ0) is 9.57. The van der Waals surface area contributed by atoms with Gasteiger partial charge in [-0.25, -0.2) is 0 Å². The largest absolute Gasteiger partial charge is 1.00 e. The van der Waals surface area contributed by atoms with Gasteiger partial charge in [-0.1, -0.05) is 20.3 Å². The highest BCUT2D eigenvalue weighted by Gasteiger charge is 2.29. The van der Waals surface area contributed by atoms with Gasteiger partial charge in [-0.05, 0) is 19.3 Å². The summed E-state index contributed by atoms with van der Waals surface area (Å²) in [6.45, 7) is 10.5. The van der Waals surface area contributed by atoms with Gasteiger partial charge in [0.25, 0.3) is 0 Å². The van der Waals surface area contributed by atoms with Gasteiger partial charge < -0.3 is 21.5 Å². The van der Waals surface area contributed by atoms with Crippen LogP contribution in [0.5, 0.6) is 0 Å². The number of nitrogens with zero attached hydrogens (tertiary/aromatic N) is 1. The first-order valence-corrected chi connectivity index (χ1v) is 6.18. The Morgan fingerprint density at radius 2 is 1.50 bits per heavy atom. The van der Waals surface area contributed by atoms with E-state index in [9.17, 15) is 0 Å². The monoisotopic (exact) mass is 263 g/mol. The van der Waals surface area contributed by atoms with E-state index in [1.807, 2.05) is 0 Å². The van der Waals surface area contributed by atoms with Crippen LogP contribution in [0, 0.1) is 0 Å². The van der Waals surface area contributed by atoms with Crippen molar-refractivity contribution in [1.82, 2.24) is 0 Å². The lowest BCUT2D eigenvalue weighted by Crippen LogP contribution is -3.00. The zero-order valence-electron chi connectivity index (χ0n) is 9.90. The average molecular weight is 264 g/mol. The average Bonchev–Trinajstić information content (AvgIpc) is 2.55. The van der Waals surface area contributed by atoms with Gasteiger partial charge in [0.2, 0.25) is 0 Å². The molecule has 0 aromatic rings. The maximum Gasteiger partial charge on any atom is 0.0788 e. The molecule has 0 atom stereocenters. The third-order valence-corrected chi connectivity index (χ3v) is 3.45. The summed E-state index contributed by atoms with van der Waals surface area (Å²) in [5.74, 6) is 0. The van der Waals surface area contributed by atoms with Crippen LogP contribution in [0.3, 0.4) is 0 Å². The molecule has 1 saturated heterocycles. The van der Waals surface area contributed by atoms with Crippen molar-refractivity contribution in [3.63, 3.8) is 0 Å². The Morgan fingerprint density at radius 3 is 2.00 bits per heavy atom. The zero-order valence-corrected chi connectivity index (χ0v) is 11.5. The molecule has 0 amide bonds. The summed E-state index contributed by atoms with van der Waals surface area (Å²) in [6, 6.07) is 0. The number of unbranched alkanes of at least 4 members (excludes halogenated alkanes) is 2. The minimum absolute atomic E-state index is 0. The van der Waals surface area contributed by atoms with E-state index in [0.29, 0.717) is 0 Å². The summed E-state index contributed by atoms with van der Waals surface area (Å²) < 4.78 is 1.45. The molecule has 0 radical (unpaired) electrons. The number of hydrogen-bond donors (Lipinski definition) is 0. The van der Waals surface area contributed by atoms with Crippen LogP contribution in [0.25, 0.3) is 0 Å². The molecule has 0 saturated carbocycles. The Hall–Kier alpha value is 0.440. The highest BCUT2D eigenvalue weighted by Crippen LogP contribution is 2.21. The van der Waals surface area contributed by atoms with Crippen molar-refractivity contribution in [2.45, 2.75) is 52.4 Å². The number of rotatable bonds is 6. The lowest BCUT2D eigenvalue weighted by molar-refractivity contribution is -0.917. The van der Waals surface area contributed by atoms with E-state index in [2.05, 4.69) is 13.8 Å². The van der Waals surface area contributed by atoms with Crippen molar-refractivity contribution in [2.75, 3.05) is 26.2 Å². The SMILES string of the molecule is CCCCC[N+]1(CCC)CCCC1.[Br-]. The van der Waals surface area contributed by atoms with E-state index >= 15 is 0 Å². The van der Waals surface area contributed by atoms with Gasteiger partial charge in [0, 0.05) is 12.8 Å². The highest BCUT2D eigenvalue weighted by atomic mass is 79.9. The van der Waals surface area contributed by atoms with E-state index in [1.54, 1.807) is 0 Å². The second-order valence-corrected chi connectivity index (χ2v) is 4.65. The number of halogens is 1. The van der Waals surface area contributed by atoms with Gasteiger partial charge in [0.05, 0.1) is 26.2 Å². The second kappa shape index (κ2) is 7.70. The van der Waals surface area contributed by atoms with E-state index in [4.69, 9.17) is 0 Å². The Kier molecular flexibility index (Phi) is 7.94. The molecule has 0 aromatic carbocycles. The van der Waals surface area contributed by atoms with Crippen molar-refractivity contribution in [3.8, 4) is 0 Å². The van der Waals surface area contributed by atoms with E-state index in [1.165, 1.54) is 69.2 Å². The Morgan fingerprint density at radius 1 is 0.857 bits per heavy atom. The summed E-state index contributed by atoms with van der Waals surface area (Å²) in [5.41, 5.74) is 0. The van der Waals surface area contributed by atoms with Crippen molar-refractivity contribution in [2.24, 2.45) is 0 Å². The topological polar surface area (TPSA) is 0 Å². The lowest BCUT2D eigenvalue weighted by atomic mass is 10.2. The summed E-state index contributed by atoms with van der Waals surface area (Å²) in [6.07, 6.45) is 8.58. The Bertz CT molecular complexity index is 130. The molecule has 0 aliphatic carbocycles. The van der Waals surface area contributed by atoms with Crippen LogP contribution in [-0.2, 0) is 0 Å². The van der Waals surface area contributed by atoms with Crippen molar-refractivity contribution in [3.05, 3.63) is 0 Å². The fourth-order valence-corrected chi connectivity index (χ4v) is 2.74. The molecule has 1 rings (SSSR count). The van der Waals surface area contributed by atoms with Crippen molar-refractivity contribution < 1.29 is 21.5 Å². The quantitative estimate of drug-likeness (QED) is 0.475. The first kappa shape index (κ1) is 14.4. The van der Waals surface area contributed by atoms with Crippen molar-refractivity contribution in [1.29, 1.82) is 0 Å². The second-order valence-electron chi connectivity index (χ2n) is 4.65. The van der Waals surface area contributed by atoms with Crippen LogP contribution < -0.4 is 17.0 Å². The molecule has 0 aromatic heterocycles. The van der Waals surface area contributed by atoms with Crippen LogP contribution in [0.1, 0.15) is 52.4 Å². The molecule has 2 heteroatoms. The molecular weight excluding hydrogens is 238 g/mol. The lowest BCUT2D eigenvalue weighted by Gasteiger charge is -2.34. The molecule has 1 heterocycles. The Balaban J connectivity index is 0.00000169. The summed E-state index contributed by atoms with van der Waals surface area (Å²) in [4.78, 5) is 0. The fourth-order valence-electron chi connectivity index (χ4n) is 2.74. The minimum atomic E-state index is 0. The molecule has 0 bridgehead atoms. The van der Waals surface area contributed by atoms with Gasteiger partial charge in [0.15, 0.2) is 0 Å². The molecule has 86 valence electrons. The summed E-state index contributed by atoms with van der Waals surface area (Å²) in [5, 5.41) is 0. The van der Waals surface area contributed by atoms with Gasteiger partial charge in [0.1, 0.15) is 0 Å². The maximum atomic E-state index is 2.33. The van der Waals surface area contributed by atoms with Crippen LogP contribution in [0.4, 0.5) is 0 Å². The standard InChI is InChI=1S/C12H26N.BrH/c1-3-5-6-10-13(9-4-2)11-7-8-12-13;/h3-12H2,1-2H3;1H/q+1;/p-1. The highest BCUT2D eigenvalue weighted by molar-refractivity contribution is 4.55. The maximum absolute atomic E-state index is 2.33. The normalized spacial score (nSPS) is 19.3. The van der Waals surface area contributed by atoms with Gasteiger partial charge in [-0.2, -0.15) is 0 Å². The van der Waals surface area contributed by atoms with Gasteiger partial charge in [-0.15, -0.1) is 0 Å². The molecule has 0 N–H and O–H groups in total. The number of quaternary nitrogens is 1. The molecule has 1 fully saturated rings. The third-order valence-electron chi connectivity index (χ3n) is 3.45. The third kappa shape index (κ3) is 4.31. The molecular formula is C12H26BrN. The number of likely N-dealkylation sites (tertiary alicyclic amines) is 1. The van der Waals surface area contributed by atoms with Crippen LogP contribution in [0.15, 0.2) is 0 Å². The molecule has 14 heavy (non-hydrogen) atoms. The number of hydrogen-bond acceptors (Lipinski definition) is 0. The van der Waals surface area contributed by atoms with E-state index < -0.39 is 0 Å². The predicted molar refractivity (Wildman–Crippen MR) is 58.8 cm³/mol. The molecule has 0 spiro atoms. The fraction of sp³-hybridized carbons (Fsp3) is 1.00. The van der Waals surface area contributed by atoms with Gasteiger partial charge in [-0.3, -0.25) is 0 Å². The smallest absolute Gasteiger partial charge is 0.0788 e. The van der Waals surface area contributed by atoms with E-state index in [-0.39, 0.29) is 17.0 Å². The first-order valence-electron chi connectivity index (χ1n) is 6.18. The van der Waals surface area contributed by atoms with Crippen LogP contribution >= 0.6 is 0 Å². The van der Waals surface area contributed by atoms with E-state index in [0.717, 1.165) is 0 Å². The summed E-state index contributed by atoms with van der Waals surface area (Å²) in [7, 11) is 0. The molecule has 1 nitrogen and oxygen atoms in total. The molecule has 1 aliphatic heterocycles. The van der Waals surface area contributed by atoms with Crippen molar-refractivity contribution >= 4 is 0 Å². The molecule has 1 aliphatic rings. The Labute approximate surface area is 100 Å². The first-order chi connectivity index (χ1) is 6.33. The van der Waals surface area contributed by atoms with Crippen LogP contribution in [0.2, 0.25) is 0 Å².